The summed E-state index contributed by atoms with van der Waals surface area (Å²) in [6.07, 6.45) is 0.893. The van der Waals surface area contributed by atoms with Crippen LogP contribution in [0.5, 0.6) is 11.5 Å². The normalized spacial score (nSPS) is 13.5. The highest BCUT2D eigenvalue weighted by atomic mass is 127. The zero-order chi connectivity index (χ0) is 20.1. The van der Waals surface area contributed by atoms with Gasteiger partial charge in [0.1, 0.15) is 5.82 Å². The first kappa shape index (κ1) is 22.2. The van der Waals surface area contributed by atoms with Crippen LogP contribution in [0.4, 0.5) is 5.69 Å². The molecule has 0 saturated heterocycles. The number of anilines is 1. The molecule has 0 radical (unpaired) electrons. The largest absolute Gasteiger partial charge is 0.490 e. The van der Waals surface area contributed by atoms with E-state index in [-0.39, 0.29) is 24.0 Å². The molecule has 0 amide bonds. The van der Waals surface area contributed by atoms with Crippen molar-refractivity contribution in [1.82, 2.24) is 14.9 Å². The summed E-state index contributed by atoms with van der Waals surface area (Å²) in [6.45, 7) is 7.63. The van der Waals surface area contributed by atoms with Crippen molar-refractivity contribution in [3.8, 4) is 11.5 Å². The Bertz CT molecular complexity index is 1020. The molecule has 0 bridgehead atoms. The van der Waals surface area contributed by atoms with Crippen LogP contribution < -0.4 is 20.1 Å². The van der Waals surface area contributed by atoms with Gasteiger partial charge in [-0.3, -0.25) is 4.99 Å². The standard InChI is InChI=1S/C22H27N5O2.HI/c1-3-23-22(26-17-9-10-20-21(15-17)29-14-6-13-28-20)24-11-12-27-16(2)25-18-7-4-5-8-19(18)27;/h4-5,7-10,15H,3,6,11-14H2,1-2H3,(H2,23,24,26);1H. The summed E-state index contributed by atoms with van der Waals surface area (Å²) in [6, 6.07) is 14.1. The molecule has 0 fully saturated rings. The topological polar surface area (TPSA) is 72.7 Å². The number of fused-ring (bicyclic) bond motifs is 2. The van der Waals surface area contributed by atoms with E-state index in [0.717, 1.165) is 59.5 Å². The van der Waals surface area contributed by atoms with Crippen LogP contribution in [0.25, 0.3) is 11.0 Å². The molecule has 0 saturated carbocycles. The highest BCUT2D eigenvalue weighted by molar-refractivity contribution is 14.0. The summed E-state index contributed by atoms with van der Waals surface area (Å²) >= 11 is 0. The molecule has 3 aromatic rings. The summed E-state index contributed by atoms with van der Waals surface area (Å²) in [4.78, 5) is 9.36. The summed E-state index contributed by atoms with van der Waals surface area (Å²) in [7, 11) is 0. The minimum Gasteiger partial charge on any atom is -0.490 e. The number of aromatic nitrogens is 2. The molecular weight excluding hydrogens is 493 g/mol. The predicted molar refractivity (Wildman–Crippen MR) is 132 cm³/mol. The lowest BCUT2D eigenvalue weighted by Crippen LogP contribution is -2.31. The first-order valence-electron chi connectivity index (χ1n) is 10.1. The molecule has 0 spiro atoms. The summed E-state index contributed by atoms with van der Waals surface area (Å²) < 4.78 is 13.7. The van der Waals surface area contributed by atoms with Gasteiger partial charge in [-0.05, 0) is 38.1 Å². The fraction of sp³-hybridized carbons (Fsp3) is 0.364. The van der Waals surface area contributed by atoms with Gasteiger partial charge in [0.2, 0.25) is 0 Å². The average Bonchev–Trinajstić information content (AvgIpc) is 2.88. The van der Waals surface area contributed by atoms with Gasteiger partial charge in [0.15, 0.2) is 17.5 Å². The van der Waals surface area contributed by atoms with E-state index < -0.39 is 0 Å². The number of imidazole rings is 1. The van der Waals surface area contributed by atoms with Gasteiger partial charge >= 0.3 is 0 Å². The van der Waals surface area contributed by atoms with Gasteiger partial charge in [-0.2, -0.15) is 0 Å². The number of hydrogen-bond donors (Lipinski definition) is 2. The van der Waals surface area contributed by atoms with Crippen LogP contribution in [-0.4, -0.2) is 41.8 Å². The van der Waals surface area contributed by atoms with Crippen LogP contribution in [0, 0.1) is 6.92 Å². The SMILES string of the molecule is CCNC(=NCCn1c(C)nc2ccccc21)Nc1ccc2c(c1)OCCCO2.I. The second-order valence-corrected chi connectivity index (χ2v) is 6.90. The van der Waals surface area contributed by atoms with Crippen LogP contribution in [0.1, 0.15) is 19.2 Å². The monoisotopic (exact) mass is 521 g/mol. The van der Waals surface area contributed by atoms with Crippen LogP contribution in [0.2, 0.25) is 0 Å². The third-order valence-electron chi connectivity index (χ3n) is 4.79. The van der Waals surface area contributed by atoms with Gasteiger partial charge in [-0.1, -0.05) is 12.1 Å². The zero-order valence-corrected chi connectivity index (χ0v) is 19.7. The predicted octanol–water partition coefficient (Wildman–Crippen LogP) is 4.20. The van der Waals surface area contributed by atoms with E-state index >= 15 is 0 Å². The molecule has 160 valence electrons. The molecule has 2 aromatic carbocycles. The number of nitrogens with zero attached hydrogens (tertiary/aromatic N) is 3. The van der Waals surface area contributed by atoms with E-state index in [0.29, 0.717) is 19.8 Å². The number of halogens is 1. The third kappa shape index (κ3) is 5.16. The molecule has 0 unspecified atom stereocenters. The first-order chi connectivity index (χ1) is 14.2. The minimum absolute atomic E-state index is 0. The number of nitrogens with one attached hydrogen (secondary N) is 2. The minimum atomic E-state index is 0. The van der Waals surface area contributed by atoms with Crippen molar-refractivity contribution in [2.24, 2.45) is 4.99 Å². The molecule has 0 aliphatic carbocycles. The second kappa shape index (κ2) is 10.5. The molecular formula is C22H28IN5O2. The number of benzene rings is 2. The van der Waals surface area contributed by atoms with Gasteiger partial charge < -0.3 is 24.7 Å². The van der Waals surface area contributed by atoms with Gasteiger partial charge in [-0.15, -0.1) is 24.0 Å². The molecule has 2 N–H and O–H groups in total. The molecule has 0 atom stereocenters. The molecule has 30 heavy (non-hydrogen) atoms. The maximum Gasteiger partial charge on any atom is 0.195 e. The number of hydrogen-bond acceptors (Lipinski definition) is 4. The Kier molecular flexibility index (Phi) is 7.78. The summed E-state index contributed by atoms with van der Waals surface area (Å²) in [5, 5.41) is 6.66. The number of para-hydroxylation sites is 2. The highest BCUT2D eigenvalue weighted by Crippen LogP contribution is 2.32. The van der Waals surface area contributed by atoms with E-state index in [9.17, 15) is 0 Å². The van der Waals surface area contributed by atoms with E-state index in [1.54, 1.807) is 0 Å². The van der Waals surface area contributed by atoms with Crippen molar-refractivity contribution in [3.63, 3.8) is 0 Å². The summed E-state index contributed by atoms with van der Waals surface area (Å²) in [5.74, 6) is 3.30. The van der Waals surface area contributed by atoms with Gasteiger partial charge in [0.25, 0.3) is 0 Å². The van der Waals surface area contributed by atoms with Crippen LogP contribution in [0.15, 0.2) is 47.5 Å². The lowest BCUT2D eigenvalue weighted by atomic mass is 10.3. The fourth-order valence-corrected chi connectivity index (χ4v) is 3.42. The maximum absolute atomic E-state index is 5.78. The van der Waals surface area contributed by atoms with Crippen molar-refractivity contribution in [3.05, 3.63) is 48.3 Å². The second-order valence-electron chi connectivity index (χ2n) is 6.90. The van der Waals surface area contributed by atoms with E-state index in [2.05, 4.69) is 33.2 Å². The van der Waals surface area contributed by atoms with Crippen LogP contribution in [0.3, 0.4) is 0 Å². The number of rotatable bonds is 5. The number of aryl methyl sites for hydroxylation is 1. The zero-order valence-electron chi connectivity index (χ0n) is 17.4. The van der Waals surface area contributed by atoms with Crippen LogP contribution in [-0.2, 0) is 6.54 Å². The quantitative estimate of drug-likeness (QED) is 0.299. The van der Waals surface area contributed by atoms with E-state index in [1.165, 1.54) is 0 Å². The first-order valence-corrected chi connectivity index (χ1v) is 10.1. The molecule has 8 heteroatoms. The number of ether oxygens (including phenoxy) is 2. The Morgan fingerprint density at radius 3 is 2.77 bits per heavy atom. The van der Waals surface area contributed by atoms with E-state index in [4.69, 9.17) is 14.5 Å². The van der Waals surface area contributed by atoms with E-state index in [1.807, 2.05) is 43.3 Å². The Hall–Kier alpha value is -2.49. The number of aliphatic imine (C=N–C) groups is 1. The van der Waals surface area contributed by atoms with Crippen molar-refractivity contribution in [1.29, 1.82) is 0 Å². The van der Waals surface area contributed by atoms with Crippen LogP contribution >= 0.6 is 24.0 Å². The summed E-state index contributed by atoms with van der Waals surface area (Å²) in [5.41, 5.74) is 3.07. The van der Waals surface area contributed by atoms with Crippen molar-refractivity contribution >= 4 is 46.7 Å². The highest BCUT2D eigenvalue weighted by Gasteiger charge is 2.11. The van der Waals surface area contributed by atoms with Crippen molar-refractivity contribution in [2.45, 2.75) is 26.8 Å². The number of guanidine groups is 1. The lowest BCUT2D eigenvalue weighted by molar-refractivity contribution is 0.297. The van der Waals surface area contributed by atoms with Gasteiger partial charge in [0, 0.05) is 31.3 Å². The fourth-order valence-electron chi connectivity index (χ4n) is 3.42. The van der Waals surface area contributed by atoms with Crippen molar-refractivity contribution in [2.75, 3.05) is 31.6 Å². The Morgan fingerprint density at radius 1 is 1.13 bits per heavy atom. The molecule has 7 nitrogen and oxygen atoms in total. The molecule has 1 aromatic heterocycles. The Labute approximate surface area is 193 Å². The average molecular weight is 521 g/mol. The molecule has 2 heterocycles. The molecule has 1 aliphatic heterocycles. The molecule has 1 aliphatic rings. The molecule has 4 rings (SSSR count). The smallest absolute Gasteiger partial charge is 0.195 e. The third-order valence-corrected chi connectivity index (χ3v) is 4.79. The lowest BCUT2D eigenvalue weighted by Gasteiger charge is -2.14. The Morgan fingerprint density at radius 2 is 1.93 bits per heavy atom. The maximum atomic E-state index is 5.78. The Balaban J connectivity index is 0.00000256. The van der Waals surface area contributed by atoms with Crippen molar-refractivity contribution < 1.29 is 9.47 Å². The van der Waals surface area contributed by atoms with Gasteiger partial charge in [0.05, 0.1) is 30.8 Å². The van der Waals surface area contributed by atoms with Gasteiger partial charge in [-0.25, -0.2) is 4.98 Å².